The Hall–Kier alpha value is -1.80. The fourth-order valence-corrected chi connectivity index (χ4v) is 4.16. The minimum atomic E-state index is -3.49. The topological polar surface area (TPSA) is 69.7 Å². The molecule has 8 heteroatoms. The van der Waals surface area contributed by atoms with E-state index in [1.165, 1.54) is 37.5 Å². The van der Waals surface area contributed by atoms with E-state index in [0.717, 1.165) is 0 Å². The van der Waals surface area contributed by atoms with Crippen molar-refractivity contribution in [3.8, 4) is 0 Å². The molecule has 1 fully saturated rings. The van der Waals surface area contributed by atoms with Crippen molar-refractivity contribution in [1.29, 1.82) is 0 Å². The number of benzene rings is 1. The first-order valence-corrected chi connectivity index (χ1v) is 10.4. The molecule has 0 saturated heterocycles. The zero-order valence-corrected chi connectivity index (χ0v) is 16.2. The van der Waals surface area contributed by atoms with E-state index in [2.05, 4.69) is 0 Å². The van der Waals surface area contributed by atoms with Crippen LogP contribution in [-0.2, 0) is 24.1 Å². The number of halogens is 2. The summed E-state index contributed by atoms with van der Waals surface area (Å²) in [6.07, 6.45) is -1.54. The van der Waals surface area contributed by atoms with Crippen molar-refractivity contribution in [3.63, 3.8) is 0 Å². The standard InChI is InChI=1S/C19H24F2O5S/c1-3-26-19(22)16(10-13-11-17(20)18(21)12-13)14-4-6-15(7-5-14)27(23,24)9-8-25-2/h4-7,10,13,17-18H,3,8-9,11-12H2,1-2H3/b16-10+/t13-,17+,18-. The van der Waals surface area contributed by atoms with Crippen LogP contribution in [0.15, 0.2) is 35.2 Å². The van der Waals surface area contributed by atoms with E-state index in [9.17, 15) is 22.0 Å². The van der Waals surface area contributed by atoms with Crippen LogP contribution in [0.3, 0.4) is 0 Å². The summed E-state index contributed by atoms with van der Waals surface area (Å²) in [6, 6.07) is 5.80. The number of hydrogen-bond acceptors (Lipinski definition) is 5. The molecule has 1 saturated carbocycles. The number of carbonyl (C=O) groups is 1. The molecule has 0 amide bonds. The summed E-state index contributed by atoms with van der Waals surface area (Å²) in [5.74, 6) is -1.17. The van der Waals surface area contributed by atoms with E-state index in [1.807, 2.05) is 0 Å². The predicted molar refractivity (Wildman–Crippen MR) is 97.5 cm³/mol. The van der Waals surface area contributed by atoms with Crippen LogP contribution in [0.25, 0.3) is 5.57 Å². The Morgan fingerprint density at radius 1 is 1.19 bits per heavy atom. The van der Waals surface area contributed by atoms with Gasteiger partial charge in [0.05, 0.1) is 29.4 Å². The van der Waals surface area contributed by atoms with Crippen LogP contribution in [0.2, 0.25) is 0 Å². The average molecular weight is 402 g/mol. The Bertz CT molecular complexity index is 764. The summed E-state index contributed by atoms with van der Waals surface area (Å²) in [4.78, 5) is 12.4. The second-order valence-corrected chi connectivity index (χ2v) is 8.51. The third-order valence-corrected chi connectivity index (χ3v) is 6.12. The highest BCUT2D eigenvalue weighted by atomic mass is 32.2. The molecule has 1 aliphatic carbocycles. The lowest BCUT2D eigenvalue weighted by molar-refractivity contribution is -0.136. The van der Waals surface area contributed by atoms with Crippen molar-refractivity contribution < 1.29 is 31.5 Å². The highest BCUT2D eigenvalue weighted by Crippen LogP contribution is 2.34. The smallest absolute Gasteiger partial charge is 0.338 e. The quantitative estimate of drug-likeness (QED) is 0.494. The maximum absolute atomic E-state index is 13.5. The van der Waals surface area contributed by atoms with Crippen LogP contribution >= 0.6 is 0 Å². The van der Waals surface area contributed by atoms with Crippen molar-refractivity contribution in [2.75, 3.05) is 26.1 Å². The first kappa shape index (κ1) is 21.5. The number of sulfone groups is 1. The van der Waals surface area contributed by atoms with Gasteiger partial charge in [0, 0.05) is 7.11 Å². The van der Waals surface area contributed by atoms with Crippen molar-refractivity contribution in [3.05, 3.63) is 35.9 Å². The Balaban J connectivity index is 2.29. The number of methoxy groups -OCH3 is 1. The highest BCUT2D eigenvalue weighted by molar-refractivity contribution is 7.91. The van der Waals surface area contributed by atoms with Crippen LogP contribution in [0.5, 0.6) is 0 Å². The van der Waals surface area contributed by atoms with Gasteiger partial charge in [0.2, 0.25) is 0 Å². The second kappa shape index (κ2) is 9.41. The van der Waals surface area contributed by atoms with Gasteiger partial charge in [0.15, 0.2) is 9.84 Å². The van der Waals surface area contributed by atoms with Gasteiger partial charge < -0.3 is 9.47 Å². The predicted octanol–water partition coefficient (Wildman–Crippen LogP) is 3.14. The first-order valence-electron chi connectivity index (χ1n) is 8.77. The van der Waals surface area contributed by atoms with E-state index in [-0.39, 0.29) is 42.3 Å². The zero-order valence-electron chi connectivity index (χ0n) is 15.4. The molecule has 1 aromatic rings. The zero-order chi connectivity index (χ0) is 20.0. The molecule has 0 N–H and O–H groups in total. The Morgan fingerprint density at radius 3 is 2.30 bits per heavy atom. The van der Waals surface area contributed by atoms with Crippen molar-refractivity contribution in [2.45, 2.75) is 37.0 Å². The lowest BCUT2D eigenvalue weighted by Gasteiger charge is -2.11. The normalized spacial score (nSPS) is 23.4. The van der Waals surface area contributed by atoms with Crippen molar-refractivity contribution in [1.82, 2.24) is 0 Å². The summed E-state index contributed by atoms with van der Waals surface area (Å²) >= 11 is 0. The molecule has 0 unspecified atom stereocenters. The summed E-state index contributed by atoms with van der Waals surface area (Å²) < 4.78 is 61.1. The highest BCUT2D eigenvalue weighted by Gasteiger charge is 2.34. The molecule has 0 bridgehead atoms. The van der Waals surface area contributed by atoms with Crippen LogP contribution in [0.1, 0.15) is 25.3 Å². The molecule has 2 rings (SSSR count). The number of allylic oxidation sites excluding steroid dienone is 1. The van der Waals surface area contributed by atoms with Crippen LogP contribution in [0.4, 0.5) is 8.78 Å². The van der Waals surface area contributed by atoms with Crippen molar-refractivity contribution in [2.24, 2.45) is 5.92 Å². The van der Waals surface area contributed by atoms with Gasteiger partial charge in [-0.3, -0.25) is 0 Å². The van der Waals surface area contributed by atoms with Gasteiger partial charge in [-0.1, -0.05) is 18.2 Å². The van der Waals surface area contributed by atoms with Gasteiger partial charge in [-0.05, 0) is 43.4 Å². The van der Waals surface area contributed by atoms with Gasteiger partial charge in [-0.25, -0.2) is 22.0 Å². The molecule has 27 heavy (non-hydrogen) atoms. The van der Waals surface area contributed by atoms with Crippen LogP contribution in [0, 0.1) is 5.92 Å². The van der Waals surface area contributed by atoms with E-state index >= 15 is 0 Å². The fourth-order valence-electron chi connectivity index (χ4n) is 2.99. The fraction of sp³-hybridized carbons (Fsp3) is 0.526. The van der Waals surface area contributed by atoms with E-state index in [0.29, 0.717) is 5.56 Å². The van der Waals surface area contributed by atoms with Gasteiger partial charge in [-0.15, -0.1) is 0 Å². The summed E-state index contributed by atoms with van der Waals surface area (Å²) in [5, 5.41) is 0. The molecule has 0 spiro atoms. The molecular formula is C19H24F2O5S. The van der Waals surface area contributed by atoms with Gasteiger partial charge >= 0.3 is 5.97 Å². The number of rotatable bonds is 8. The molecule has 150 valence electrons. The Morgan fingerprint density at radius 2 is 1.78 bits per heavy atom. The minimum Gasteiger partial charge on any atom is -0.462 e. The monoisotopic (exact) mass is 402 g/mol. The van der Waals surface area contributed by atoms with E-state index in [4.69, 9.17) is 9.47 Å². The maximum Gasteiger partial charge on any atom is 0.338 e. The SMILES string of the molecule is CCOC(=O)/C(=C/[C@H]1C[C@@H](F)[C@@H](F)C1)c1ccc(S(=O)(=O)CCOC)cc1. The lowest BCUT2D eigenvalue weighted by atomic mass is 9.98. The average Bonchev–Trinajstić information content (AvgIpc) is 2.96. The third kappa shape index (κ3) is 5.59. The first-order chi connectivity index (χ1) is 12.8. The maximum atomic E-state index is 13.5. The third-order valence-electron chi connectivity index (χ3n) is 4.43. The molecule has 3 atom stereocenters. The molecule has 0 aromatic heterocycles. The molecule has 0 radical (unpaired) electrons. The van der Waals surface area contributed by atoms with Crippen LogP contribution in [-0.4, -0.2) is 52.8 Å². The number of hydrogen-bond donors (Lipinski definition) is 0. The molecule has 1 aliphatic rings. The van der Waals surface area contributed by atoms with E-state index in [1.54, 1.807) is 6.92 Å². The second-order valence-electron chi connectivity index (χ2n) is 6.40. The largest absolute Gasteiger partial charge is 0.462 e. The number of carbonyl (C=O) groups excluding carboxylic acids is 1. The molecule has 1 aromatic carbocycles. The molecule has 0 aliphatic heterocycles. The number of alkyl halides is 2. The number of ether oxygens (including phenoxy) is 2. The van der Waals surface area contributed by atoms with Gasteiger partial charge in [0.1, 0.15) is 12.3 Å². The summed E-state index contributed by atoms with van der Waals surface area (Å²) in [7, 11) is -2.07. The van der Waals surface area contributed by atoms with E-state index < -0.39 is 34.1 Å². The molecular weight excluding hydrogens is 378 g/mol. The number of esters is 1. The summed E-state index contributed by atoms with van der Waals surface area (Å²) in [5.41, 5.74) is 0.626. The molecule has 0 heterocycles. The van der Waals surface area contributed by atoms with Crippen LogP contribution < -0.4 is 0 Å². The van der Waals surface area contributed by atoms with Gasteiger partial charge in [0.25, 0.3) is 0 Å². The lowest BCUT2D eigenvalue weighted by Crippen LogP contribution is -2.12. The molecule has 5 nitrogen and oxygen atoms in total. The summed E-state index contributed by atoms with van der Waals surface area (Å²) in [6.45, 7) is 1.89. The Kier molecular flexibility index (Phi) is 7.49. The van der Waals surface area contributed by atoms with Crippen molar-refractivity contribution >= 4 is 21.4 Å². The van der Waals surface area contributed by atoms with Gasteiger partial charge in [-0.2, -0.15) is 0 Å². The Labute approximate surface area is 158 Å². The minimum absolute atomic E-state index is 0.00749.